The van der Waals surface area contributed by atoms with Crippen molar-refractivity contribution in [3.63, 3.8) is 0 Å². The number of aryl methyl sites for hydroxylation is 2. The van der Waals surface area contributed by atoms with E-state index in [0.29, 0.717) is 6.04 Å². The number of hydrogen-bond donors (Lipinski definition) is 1. The van der Waals surface area contributed by atoms with Crippen molar-refractivity contribution < 1.29 is 0 Å². The molecule has 0 radical (unpaired) electrons. The van der Waals surface area contributed by atoms with Gasteiger partial charge in [0.15, 0.2) is 0 Å². The van der Waals surface area contributed by atoms with Gasteiger partial charge in [-0.05, 0) is 39.5 Å². The molecule has 1 aromatic heterocycles. The van der Waals surface area contributed by atoms with Gasteiger partial charge >= 0.3 is 0 Å². The van der Waals surface area contributed by atoms with E-state index >= 15 is 0 Å². The van der Waals surface area contributed by atoms with E-state index in [9.17, 15) is 0 Å². The van der Waals surface area contributed by atoms with E-state index in [0.717, 1.165) is 12.5 Å². The lowest BCUT2D eigenvalue weighted by atomic mass is 9.84. The van der Waals surface area contributed by atoms with Gasteiger partial charge in [0.25, 0.3) is 0 Å². The Morgan fingerprint density at radius 2 is 2.00 bits per heavy atom. The van der Waals surface area contributed by atoms with Gasteiger partial charge in [0.1, 0.15) is 5.01 Å². The largest absolute Gasteiger partial charge is 0.308 e. The van der Waals surface area contributed by atoms with Crippen LogP contribution in [-0.4, -0.2) is 11.0 Å². The van der Waals surface area contributed by atoms with Gasteiger partial charge in [0.05, 0.1) is 5.69 Å². The highest BCUT2D eigenvalue weighted by atomic mass is 32.1. The van der Waals surface area contributed by atoms with Gasteiger partial charge in [-0.15, -0.1) is 11.3 Å². The standard InChI is InChI=1S/C14H24N2S/c1-10-12(3)17-14(16-10)9-15-11(2)13-7-5-4-6-8-13/h11,13,15H,4-9H2,1-3H3. The molecule has 1 heterocycles. The predicted octanol–water partition coefficient (Wildman–Crippen LogP) is 3.82. The molecule has 2 nitrogen and oxygen atoms in total. The predicted molar refractivity (Wildman–Crippen MR) is 74.5 cm³/mol. The summed E-state index contributed by atoms with van der Waals surface area (Å²) in [6.07, 6.45) is 7.10. The van der Waals surface area contributed by atoms with Crippen LogP contribution in [0, 0.1) is 19.8 Å². The number of rotatable bonds is 4. The Labute approximate surface area is 109 Å². The fourth-order valence-electron chi connectivity index (χ4n) is 2.66. The minimum absolute atomic E-state index is 0.639. The highest BCUT2D eigenvalue weighted by Gasteiger charge is 2.19. The summed E-state index contributed by atoms with van der Waals surface area (Å²) in [5.41, 5.74) is 1.19. The minimum Gasteiger partial charge on any atom is -0.308 e. The quantitative estimate of drug-likeness (QED) is 0.881. The van der Waals surface area contributed by atoms with E-state index in [1.807, 2.05) is 11.3 Å². The molecule has 2 rings (SSSR count). The van der Waals surface area contributed by atoms with E-state index in [4.69, 9.17) is 0 Å². The van der Waals surface area contributed by atoms with Crippen molar-refractivity contribution in [2.45, 2.75) is 65.5 Å². The summed E-state index contributed by atoms with van der Waals surface area (Å²) in [5.74, 6) is 0.880. The molecule has 17 heavy (non-hydrogen) atoms. The summed E-state index contributed by atoms with van der Waals surface area (Å²) in [6, 6.07) is 0.639. The third kappa shape index (κ3) is 3.52. The van der Waals surface area contributed by atoms with Crippen LogP contribution < -0.4 is 5.32 Å². The maximum absolute atomic E-state index is 4.58. The summed E-state index contributed by atoms with van der Waals surface area (Å²) in [4.78, 5) is 5.94. The Hall–Kier alpha value is -0.410. The maximum atomic E-state index is 4.58. The molecule has 1 aliphatic carbocycles. The van der Waals surface area contributed by atoms with E-state index in [1.54, 1.807) is 0 Å². The average molecular weight is 252 g/mol. The molecule has 1 aromatic rings. The number of hydrogen-bond acceptors (Lipinski definition) is 3. The number of thiazole rings is 1. The van der Waals surface area contributed by atoms with Gasteiger partial charge in [0, 0.05) is 17.5 Å². The first-order valence-electron chi connectivity index (χ1n) is 6.83. The number of nitrogens with zero attached hydrogens (tertiary/aromatic N) is 1. The third-order valence-corrected chi connectivity index (χ3v) is 5.08. The molecule has 0 bridgehead atoms. The molecule has 1 N–H and O–H groups in total. The Morgan fingerprint density at radius 1 is 1.29 bits per heavy atom. The van der Waals surface area contributed by atoms with E-state index in [-0.39, 0.29) is 0 Å². The van der Waals surface area contributed by atoms with Gasteiger partial charge in [-0.25, -0.2) is 4.98 Å². The van der Waals surface area contributed by atoms with Gasteiger partial charge in [0.2, 0.25) is 0 Å². The molecular weight excluding hydrogens is 228 g/mol. The first-order valence-corrected chi connectivity index (χ1v) is 7.64. The van der Waals surface area contributed by atoms with Crippen molar-refractivity contribution in [3.05, 3.63) is 15.6 Å². The first kappa shape index (κ1) is 13.0. The Balaban J connectivity index is 1.80. The fourth-order valence-corrected chi connectivity index (χ4v) is 3.55. The number of aromatic nitrogens is 1. The summed E-state index contributed by atoms with van der Waals surface area (Å²) in [7, 11) is 0. The lowest BCUT2D eigenvalue weighted by Crippen LogP contribution is -2.34. The zero-order valence-electron chi connectivity index (χ0n) is 11.3. The van der Waals surface area contributed by atoms with Gasteiger partial charge < -0.3 is 5.32 Å². The van der Waals surface area contributed by atoms with E-state index in [2.05, 4.69) is 31.1 Å². The highest BCUT2D eigenvalue weighted by Crippen LogP contribution is 2.26. The smallest absolute Gasteiger partial charge is 0.107 e. The molecule has 1 unspecified atom stereocenters. The molecule has 1 aliphatic rings. The van der Waals surface area contributed by atoms with Gasteiger partial charge in [-0.3, -0.25) is 0 Å². The van der Waals surface area contributed by atoms with Crippen LogP contribution in [0.5, 0.6) is 0 Å². The highest BCUT2D eigenvalue weighted by molar-refractivity contribution is 7.11. The van der Waals surface area contributed by atoms with E-state index in [1.165, 1.54) is 47.7 Å². The molecule has 0 spiro atoms. The van der Waals surface area contributed by atoms with Crippen LogP contribution in [0.3, 0.4) is 0 Å². The topological polar surface area (TPSA) is 24.9 Å². The Bertz CT molecular complexity index is 334. The Morgan fingerprint density at radius 3 is 2.59 bits per heavy atom. The molecule has 0 aliphatic heterocycles. The van der Waals surface area contributed by atoms with Crippen molar-refractivity contribution in [2.24, 2.45) is 5.92 Å². The zero-order chi connectivity index (χ0) is 12.3. The second-order valence-corrected chi connectivity index (χ2v) is 6.60. The molecule has 0 aromatic carbocycles. The Kier molecular flexibility index (Phi) is 4.57. The molecular formula is C14H24N2S. The van der Waals surface area contributed by atoms with Crippen molar-refractivity contribution >= 4 is 11.3 Å². The van der Waals surface area contributed by atoms with E-state index < -0.39 is 0 Å². The maximum Gasteiger partial charge on any atom is 0.107 e. The molecule has 0 amide bonds. The van der Waals surface area contributed by atoms with Crippen molar-refractivity contribution in [1.29, 1.82) is 0 Å². The van der Waals surface area contributed by atoms with Gasteiger partial charge in [-0.1, -0.05) is 19.3 Å². The molecule has 3 heteroatoms. The summed E-state index contributed by atoms with van der Waals surface area (Å²) in [5, 5.41) is 4.90. The van der Waals surface area contributed by atoms with Crippen molar-refractivity contribution in [2.75, 3.05) is 0 Å². The average Bonchev–Trinajstić information content (AvgIpc) is 2.67. The summed E-state index contributed by atoms with van der Waals surface area (Å²) < 4.78 is 0. The van der Waals surface area contributed by atoms with Crippen molar-refractivity contribution in [3.8, 4) is 0 Å². The third-order valence-electron chi connectivity index (χ3n) is 4.01. The lowest BCUT2D eigenvalue weighted by Gasteiger charge is -2.28. The minimum atomic E-state index is 0.639. The van der Waals surface area contributed by atoms with Crippen LogP contribution in [0.1, 0.15) is 54.6 Å². The van der Waals surface area contributed by atoms with Crippen LogP contribution >= 0.6 is 11.3 Å². The van der Waals surface area contributed by atoms with Crippen LogP contribution in [0.2, 0.25) is 0 Å². The monoisotopic (exact) mass is 252 g/mol. The van der Waals surface area contributed by atoms with Crippen LogP contribution in [0.15, 0.2) is 0 Å². The van der Waals surface area contributed by atoms with Crippen LogP contribution in [-0.2, 0) is 6.54 Å². The van der Waals surface area contributed by atoms with Gasteiger partial charge in [-0.2, -0.15) is 0 Å². The zero-order valence-corrected chi connectivity index (χ0v) is 12.1. The fraction of sp³-hybridized carbons (Fsp3) is 0.786. The molecule has 0 saturated heterocycles. The second-order valence-electron chi connectivity index (χ2n) is 5.32. The lowest BCUT2D eigenvalue weighted by molar-refractivity contribution is 0.280. The molecule has 96 valence electrons. The first-order chi connectivity index (χ1) is 8.16. The summed E-state index contributed by atoms with van der Waals surface area (Å²) in [6.45, 7) is 7.53. The second kappa shape index (κ2) is 5.96. The SMILES string of the molecule is Cc1nc(CNC(C)C2CCCCC2)sc1C. The van der Waals surface area contributed by atoms with Crippen LogP contribution in [0.25, 0.3) is 0 Å². The molecule has 1 atom stereocenters. The van der Waals surface area contributed by atoms with Crippen molar-refractivity contribution in [1.82, 2.24) is 10.3 Å². The van der Waals surface area contributed by atoms with Crippen LogP contribution in [0.4, 0.5) is 0 Å². The molecule has 1 fully saturated rings. The summed E-state index contributed by atoms with van der Waals surface area (Å²) >= 11 is 1.83. The normalized spacial score (nSPS) is 19.5. The molecule has 1 saturated carbocycles. The number of nitrogens with one attached hydrogen (secondary N) is 1.